The number of nitriles is 1. The number of anilines is 1. The number of benzene rings is 2. The number of phenols is 1. The minimum absolute atomic E-state index is 0.0798. The van der Waals surface area contributed by atoms with Crippen molar-refractivity contribution in [3.05, 3.63) is 83.9 Å². The van der Waals surface area contributed by atoms with Crippen LogP contribution in [0.3, 0.4) is 0 Å². The molecule has 0 saturated carbocycles. The average Bonchev–Trinajstić information content (AvgIpc) is 3.10. The van der Waals surface area contributed by atoms with E-state index in [-0.39, 0.29) is 17.1 Å². The molecule has 1 aromatic heterocycles. The third-order valence-corrected chi connectivity index (χ3v) is 3.67. The summed E-state index contributed by atoms with van der Waals surface area (Å²) in [4.78, 5) is 12.3. The van der Waals surface area contributed by atoms with Crippen molar-refractivity contribution in [3.63, 3.8) is 0 Å². The molecule has 26 heavy (non-hydrogen) atoms. The van der Waals surface area contributed by atoms with Crippen LogP contribution in [0.15, 0.2) is 72.4 Å². The molecule has 0 spiro atoms. The van der Waals surface area contributed by atoms with Gasteiger partial charge in [0.15, 0.2) is 0 Å². The summed E-state index contributed by atoms with van der Waals surface area (Å²) < 4.78 is 14.8. The molecule has 1 heterocycles. The molecule has 0 saturated heterocycles. The van der Waals surface area contributed by atoms with Gasteiger partial charge in [-0.25, -0.2) is 4.39 Å². The molecule has 3 aromatic rings. The average molecular weight is 347 g/mol. The summed E-state index contributed by atoms with van der Waals surface area (Å²) in [5.74, 6) is -0.829. The topological polar surface area (TPSA) is 78.0 Å². The largest absolute Gasteiger partial charge is 0.508 e. The van der Waals surface area contributed by atoms with Gasteiger partial charge in [0, 0.05) is 23.3 Å². The Morgan fingerprint density at radius 2 is 1.81 bits per heavy atom. The smallest absolute Gasteiger partial charge is 0.266 e. The first-order valence-electron chi connectivity index (χ1n) is 7.72. The van der Waals surface area contributed by atoms with E-state index in [0.717, 1.165) is 0 Å². The summed E-state index contributed by atoms with van der Waals surface area (Å²) in [6.45, 7) is 0. The number of nitrogens with zero attached hydrogens (tertiary/aromatic N) is 2. The lowest BCUT2D eigenvalue weighted by atomic mass is 10.2. The Kier molecular flexibility index (Phi) is 4.81. The van der Waals surface area contributed by atoms with Crippen molar-refractivity contribution in [2.45, 2.75) is 0 Å². The molecule has 2 aromatic carbocycles. The Morgan fingerprint density at radius 1 is 1.12 bits per heavy atom. The van der Waals surface area contributed by atoms with Crippen LogP contribution in [0.25, 0.3) is 11.8 Å². The maximum absolute atomic E-state index is 13.1. The Morgan fingerprint density at radius 3 is 2.46 bits per heavy atom. The van der Waals surface area contributed by atoms with Gasteiger partial charge in [0.1, 0.15) is 23.2 Å². The van der Waals surface area contributed by atoms with E-state index in [0.29, 0.717) is 17.1 Å². The normalized spacial score (nSPS) is 11.0. The van der Waals surface area contributed by atoms with E-state index in [1.54, 1.807) is 35.0 Å². The van der Waals surface area contributed by atoms with Gasteiger partial charge in [-0.05, 0) is 66.7 Å². The molecule has 6 heteroatoms. The van der Waals surface area contributed by atoms with Crippen molar-refractivity contribution in [2.24, 2.45) is 0 Å². The lowest BCUT2D eigenvalue weighted by molar-refractivity contribution is -0.112. The van der Waals surface area contributed by atoms with Gasteiger partial charge in [-0.2, -0.15) is 5.26 Å². The zero-order valence-corrected chi connectivity index (χ0v) is 13.6. The minimum atomic E-state index is -0.565. The second kappa shape index (κ2) is 7.36. The van der Waals surface area contributed by atoms with E-state index in [1.165, 1.54) is 42.5 Å². The third kappa shape index (κ3) is 3.79. The van der Waals surface area contributed by atoms with Crippen molar-refractivity contribution >= 4 is 17.7 Å². The summed E-state index contributed by atoms with van der Waals surface area (Å²) >= 11 is 0. The minimum Gasteiger partial charge on any atom is -0.508 e. The standard InChI is InChI=1S/C20H14FN3O2/c21-15-3-7-17(8-4-15)24-11-1-2-18(24)12-14(13-22)20(26)23-16-5-9-19(25)10-6-16/h1-12,25H,(H,23,26). The molecule has 0 aliphatic rings. The molecule has 1 amide bonds. The highest BCUT2D eigenvalue weighted by molar-refractivity contribution is 6.09. The Balaban J connectivity index is 1.87. The SMILES string of the molecule is N#CC(=Cc1cccn1-c1ccc(F)cc1)C(=O)Nc1ccc(O)cc1. The van der Waals surface area contributed by atoms with E-state index < -0.39 is 5.91 Å². The van der Waals surface area contributed by atoms with Gasteiger partial charge in [0.2, 0.25) is 0 Å². The van der Waals surface area contributed by atoms with Crippen LogP contribution in [0.4, 0.5) is 10.1 Å². The fourth-order valence-corrected chi connectivity index (χ4v) is 2.39. The van der Waals surface area contributed by atoms with Gasteiger partial charge >= 0.3 is 0 Å². The van der Waals surface area contributed by atoms with Crippen LogP contribution in [0.2, 0.25) is 0 Å². The summed E-state index contributed by atoms with van der Waals surface area (Å²) in [6, 6.07) is 17.2. The molecule has 0 unspecified atom stereocenters. The van der Waals surface area contributed by atoms with E-state index >= 15 is 0 Å². The molecule has 0 bridgehead atoms. The highest BCUT2D eigenvalue weighted by Gasteiger charge is 2.11. The maximum Gasteiger partial charge on any atom is 0.266 e. The predicted molar refractivity (Wildman–Crippen MR) is 96.1 cm³/mol. The van der Waals surface area contributed by atoms with Crippen molar-refractivity contribution in [3.8, 4) is 17.5 Å². The lowest BCUT2D eigenvalue weighted by Gasteiger charge is -2.08. The number of amides is 1. The van der Waals surface area contributed by atoms with Gasteiger partial charge in [-0.3, -0.25) is 4.79 Å². The zero-order valence-electron chi connectivity index (χ0n) is 13.6. The van der Waals surface area contributed by atoms with Crippen LogP contribution >= 0.6 is 0 Å². The number of carbonyl (C=O) groups is 1. The summed E-state index contributed by atoms with van der Waals surface area (Å²) in [7, 11) is 0. The number of aromatic hydroxyl groups is 1. The number of phenolic OH excluding ortho intramolecular Hbond substituents is 1. The molecule has 0 fully saturated rings. The number of rotatable bonds is 4. The molecule has 5 nitrogen and oxygen atoms in total. The molecule has 0 aliphatic carbocycles. The third-order valence-electron chi connectivity index (χ3n) is 3.67. The molecule has 0 aliphatic heterocycles. The van der Waals surface area contributed by atoms with E-state index in [4.69, 9.17) is 0 Å². The molecule has 128 valence electrons. The monoisotopic (exact) mass is 347 g/mol. The van der Waals surface area contributed by atoms with E-state index in [2.05, 4.69) is 5.32 Å². The van der Waals surface area contributed by atoms with Gasteiger partial charge < -0.3 is 15.0 Å². The Labute approximate surface area is 149 Å². The molecule has 3 rings (SSSR count). The van der Waals surface area contributed by atoms with Gasteiger partial charge in [-0.15, -0.1) is 0 Å². The van der Waals surface area contributed by atoms with Gasteiger partial charge in [0.25, 0.3) is 5.91 Å². The first kappa shape index (κ1) is 17.0. The summed E-state index contributed by atoms with van der Waals surface area (Å²) in [5, 5.41) is 21.2. The number of hydrogen-bond acceptors (Lipinski definition) is 3. The fraction of sp³-hybridized carbons (Fsp3) is 0. The second-order valence-electron chi connectivity index (χ2n) is 5.45. The lowest BCUT2D eigenvalue weighted by Crippen LogP contribution is -2.13. The summed E-state index contributed by atoms with van der Waals surface area (Å²) in [6.07, 6.45) is 3.21. The summed E-state index contributed by atoms with van der Waals surface area (Å²) in [5.41, 5.74) is 1.69. The molecule has 0 radical (unpaired) electrons. The van der Waals surface area contributed by atoms with Crippen LogP contribution in [-0.4, -0.2) is 15.6 Å². The Bertz CT molecular complexity index is 997. The fourth-order valence-electron chi connectivity index (χ4n) is 2.39. The highest BCUT2D eigenvalue weighted by Crippen LogP contribution is 2.18. The van der Waals surface area contributed by atoms with Crippen LogP contribution in [-0.2, 0) is 4.79 Å². The van der Waals surface area contributed by atoms with Crippen molar-refractivity contribution in [1.29, 1.82) is 5.26 Å². The zero-order chi connectivity index (χ0) is 18.5. The van der Waals surface area contributed by atoms with Crippen molar-refractivity contribution in [2.75, 3.05) is 5.32 Å². The van der Waals surface area contributed by atoms with E-state index in [9.17, 15) is 19.6 Å². The second-order valence-corrected chi connectivity index (χ2v) is 5.45. The van der Waals surface area contributed by atoms with Crippen LogP contribution in [0.1, 0.15) is 5.69 Å². The van der Waals surface area contributed by atoms with Crippen molar-refractivity contribution < 1.29 is 14.3 Å². The van der Waals surface area contributed by atoms with Gasteiger partial charge in [-0.1, -0.05) is 0 Å². The first-order chi connectivity index (χ1) is 12.6. The first-order valence-corrected chi connectivity index (χ1v) is 7.72. The van der Waals surface area contributed by atoms with Gasteiger partial charge in [0.05, 0.1) is 0 Å². The van der Waals surface area contributed by atoms with Crippen LogP contribution < -0.4 is 5.32 Å². The molecule has 0 atom stereocenters. The number of nitrogens with one attached hydrogen (secondary N) is 1. The highest BCUT2D eigenvalue weighted by atomic mass is 19.1. The number of carbonyl (C=O) groups excluding carboxylic acids is 1. The number of halogens is 1. The number of hydrogen-bond donors (Lipinski definition) is 2. The predicted octanol–water partition coefficient (Wildman–Crippen LogP) is 3.87. The van der Waals surface area contributed by atoms with E-state index in [1.807, 2.05) is 6.07 Å². The molecule has 2 N–H and O–H groups in total. The Hall–Kier alpha value is -3.85. The molecular formula is C20H14FN3O2. The van der Waals surface area contributed by atoms with Crippen LogP contribution in [0, 0.1) is 17.1 Å². The maximum atomic E-state index is 13.1. The number of aromatic nitrogens is 1. The van der Waals surface area contributed by atoms with Crippen molar-refractivity contribution in [1.82, 2.24) is 4.57 Å². The molecular weight excluding hydrogens is 333 g/mol. The quantitative estimate of drug-likeness (QED) is 0.427. The van der Waals surface area contributed by atoms with Crippen LogP contribution in [0.5, 0.6) is 5.75 Å².